The third kappa shape index (κ3) is 4.95. The number of oxime groups is 1. The third-order valence-corrected chi connectivity index (χ3v) is 2.38. The van der Waals surface area contributed by atoms with E-state index >= 15 is 0 Å². The fourth-order valence-corrected chi connectivity index (χ4v) is 1.56. The van der Waals surface area contributed by atoms with E-state index in [4.69, 9.17) is 15.7 Å². The van der Waals surface area contributed by atoms with E-state index in [0.29, 0.717) is 6.42 Å². The fraction of sp³-hybridized carbons (Fsp3) is 0.462. The van der Waals surface area contributed by atoms with Crippen LogP contribution in [0.4, 0.5) is 5.69 Å². The van der Waals surface area contributed by atoms with Crippen LogP contribution in [0.5, 0.6) is 5.75 Å². The van der Waals surface area contributed by atoms with Gasteiger partial charge in [-0.1, -0.05) is 12.1 Å². The van der Waals surface area contributed by atoms with E-state index < -0.39 is 0 Å². The van der Waals surface area contributed by atoms with Gasteiger partial charge >= 0.3 is 0 Å². The van der Waals surface area contributed by atoms with Gasteiger partial charge in [-0.2, -0.15) is 0 Å². The molecule has 18 heavy (non-hydrogen) atoms. The minimum atomic E-state index is 0.100. The molecule has 1 rings (SSSR count). The number of nitrogens with two attached hydrogens (primary N) is 1. The van der Waals surface area contributed by atoms with E-state index in [2.05, 4.69) is 17.4 Å². The molecule has 0 aliphatic heterocycles. The SMILES string of the molecule is CCCOc1ccc(NC(C)CC(N)=NO)cc1. The Bertz CT molecular complexity index is 376. The first-order chi connectivity index (χ1) is 8.65. The number of rotatable bonds is 7. The molecule has 0 radical (unpaired) electrons. The second kappa shape index (κ2) is 7.42. The molecule has 100 valence electrons. The number of hydrogen-bond donors (Lipinski definition) is 3. The van der Waals surface area contributed by atoms with Crippen LogP contribution in [0.3, 0.4) is 0 Å². The van der Waals surface area contributed by atoms with E-state index in [9.17, 15) is 0 Å². The number of ether oxygens (including phenoxy) is 1. The first kappa shape index (κ1) is 14.2. The summed E-state index contributed by atoms with van der Waals surface area (Å²) in [6.45, 7) is 4.77. The van der Waals surface area contributed by atoms with Crippen LogP contribution in [-0.2, 0) is 0 Å². The number of nitrogens with one attached hydrogen (secondary N) is 1. The van der Waals surface area contributed by atoms with Gasteiger partial charge in [0.15, 0.2) is 0 Å². The minimum Gasteiger partial charge on any atom is -0.494 e. The standard InChI is InChI=1S/C13H21N3O2/c1-3-8-18-12-6-4-11(5-7-12)15-10(2)9-13(14)16-17/h4-7,10,15,17H,3,8-9H2,1-2H3,(H2,14,16). The van der Waals surface area contributed by atoms with Crippen LogP contribution >= 0.6 is 0 Å². The number of amidine groups is 1. The summed E-state index contributed by atoms with van der Waals surface area (Å²) in [5, 5.41) is 14.7. The van der Waals surface area contributed by atoms with Crippen LogP contribution in [0.1, 0.15) is 26.7 Å². The van der Waals surface area contributed by atoms with E-state index in [0.717, 1.165) is 24.5 Å². The van der Waals surface area contributed by atoms with Crippen molar-refractivity contribution in [2.45, 2.75) is 32.7 Å². The van der Waals surface area contributed by atoms with Crippen molar-refractivity contribution in [3.8, 4) is 5.75 Å². The van der Waals surface area contributed by atoms with E-state index in [1.165, 1.54) is 0 Å². The smallest absolute Gasteiger partial charge is 0.141 e. The molecule has 0 saturated heterocycles. The summed E-state index contributed by atoms with van der Waals surface area (Å²) in [4.78, 5) is 0. The molecule has 5 nitrogen and oxygen atoms in total. The molecule has 0 aliphatic carbocycles. The maximum Gasteiger partial charge on any atom is 0.141 e. The van der Waals surface area contributed by atoms with Gasteiger partial charge in [0.1, 0.15) is 11.6 Å². The Balaban J connectivity index is 2.47. The molecular weight excluding hydrogens is 230 g/mol. The summed E-state index contributed by atoms with van der Waals surface area (Å²) in [6.07, 6.45) is 1.49. The topological polar surface area (TPSA) is 79.9 Å². The Morgan fingerprint density at radius 2 is 2.11 bits per heavy atom. The quantitative estimate of drug-likeness (QED) is 0.301. The molecule has 1 aromatic carbocycles. The van der Waals surface area contributed by atoms with Crippen molar-refractivity contribution in [1.82, 2.24) is 0 Å². The first-order valence-electron chi connectivity index (χ1n) is 6.11. The van der Waals surface area contributed by atoms with Crippen molar-refractivity contribution in [2.24, 2.45) is 10.9 Å². The largest absolute Gasteiger partial charge is 0.494 e. The molecule has 5 heteroatoms. The lowest BCUT2D eigenvalue weighted by Gasteiger charge is -2.14. The molecule has 0 aromatic heterocycles. The summed E-state index contributed by atoms with van der Waals surface area (Å²) in [5.74, 6) is 1.09. The lowest BCUT2D eigenvalue weighted by molar-refractivity contribution is 0.316. The van der Waals surface area contributed by atoms with Crippen LogP contribution in [0, 0.1) is 0 Å². The zero-order chi connectivity index (χ0) is 13.4. The van der Waals surface area contributed by atoms with Crippen molar-refractivity contribution in [3.05, 3.63) is 24.3 Å². The second-order valence-electron chi connectivity index (χ2n) is 4.21. The lowest BCUT2D eigenvalue weighted by atomic mass is 10.2. The minimum absolute atomic E-state index is 0.100. The number of benzene rings is 1. The van der Waals surface area contributed by atoms with Crippen LogP contribution in [-0.4, -0.2) is 23.7 Å². The highest BCUT2D eigenvalue weighted by Gasteiger charge is 2.05. The predicted molar refractivity (Wildman–Crippen MR) is 73.3 cm³/mol. The Hall–Kier alpha value is -1.91. The van der Waals surface area contributed by atoms with Crippen LogP contribution < -0.4 is 15.8 Å². The Kier molecular flexibility index (Phi) is 5.84. The molecule has 0 fully saturated rings. The highest BCUT2D eigenvalue weighted by Crippen LogP contribution is 2.17. The molecule has 4 N–H and O–H groups in total. The molecule has 0 heterocycles. The van der Waals surface area contributed by atoms with Crippen LogP contribution in [0.15, 0.2) is 29.4 Å². The molecule has 1 atom stereocenters. The van der Waals surface area contributed by atoms with Gasteiger partial charge in [0.2, 0.25) is 0 Å². The highest BCUT2D eigenvalue weighted by atomic mass is 16.5. The Morgan fingerprint density at radius 1 is 1.44 bits per heavy atom. The average molecular weight is 251 g/mol. The Labute approximate surface area is 108 Å². The molecule has 0 spiro atoms. The van der Waals surface area contributed by atoms with Crippen molar-refractivity contribution < 1.29 is 9.94 Å². The number of nitrogens with zero attached hydrogens (tertiary/aromatic N) is 1. The van der Waals surface area contributed by atoms with E-state index in [1.807, 2.05) is 31.2 Å². The summed E-state index contributed by atoms with van der Waals surface area (Å²) in [6, 6.07) is 7.85. The second-order valence-corrected chi connectivity index (χ2v) is 4.21. The molecular formula is C13H21N3O2. The first-order valence-corrected chi connectivity index (χ1v) is 6.11. The van der Waals surface area contributed by atoms with Gasteiger partial charge in [-0.15, -0.1) is 0 Å². The summed E-state index contributed by atoms with van der Waals surface area (Å²) >= 11 is 0. The van der Waals surface area contributed by atoms with Crippen molar-refractivity contribution in [2.75, 3.05) is 11.9 Å². The summed E-state index contributed by atoms with van der Waals surface area (Å²) in [5.41, 5.74) is 6.43. The maximum atomic E-state index is 8.49. The average Bonchev–Trinajstić information content (AvgIpc) is 2.37. The van der Waals surface area contributed by atoms with Gasteiger partial charge in [0.05, 0.1) is 6.61 Å². The molecule has 1 aromatic rings. The maximum absolute atomic E-state index is 8.49. The predicted octanol–water partition coefficient (Wildman–Crippen LogP) is 2.41. The van der Waals surface area contributed by atoms with Gasteiger partial charge in [-0.05, 0) is 37.6 Å². The highest BCUT2D eigenvalue weighted by molar-refractivity contribution is 5.80. The third-order valence-electron chi connectivity index (χ3n) is 2.38. The van der Waals surface area contributed by atoms with Crippen molar-refractivity contribution in [1.29, 1.82) is 0 Å². The zero-order valence-corrected chi connectivity index (χ0v) is 10.9. The van der Waals surface area contributed by atoms with Gasteiger partial charge in [0, 0.05) is 18.2 Å². The number of hydrogen-bond acceptors (Lipinski definition) is 4. The van der Waals surface area contributed by atoms with Crippen molar-refractivity contribution >= 4 is 11.5 Å². The summed E-state index contributed by atoms with van der Waals surface area (Å²) in [7, 11) is 0. The van der Waals surface area contributed by atoms with Gasteiger partial charge in [-0.25, -0.2) is 0 Å². The number of anilines is 1. The van der Waals surface area contributed by atoms with Gasteiger partial charge < -0.3 is 21.0 Å². The van der Waals surface area contributed by atoms with Crippen molar-refractivity contribution in [3.63, 3.8) is 0 Å². The Morgan fingerprint density at radius 3 is 2.67 bits per heavy atom. The van der Waals surface area contributed by atoms with E-state index in [-0.39, 0.29) is 11.9 Å². The van der Waals surface area contributed by atoms with E-state index in [1.54, 1.807) is 0 Å². The van der Waals surface area contributed by atoms with Gasteiger partial charge in [0.25, 0.3) is 0 Å². The van der Waals surface area contributed by atoms with Gasteiger partial charge in [-0.3, -0.25) is 0 Å². The molecule has 0 bridgehead atoms. The lowest BCUT2D eigenvalue weighted by Crippen LogP contribution is -2.24. The zero-order valence-electron chi connectivity index (χ0n) is 10.9. The summed E-state index contributed by atoms with van der Waals surface area (Å²) < 4.78 is 5.50. The molecule has 0 amide bonds. The van der Waals surface area contributed by atoms with Crippen LogP contribution in [0.2, 0.25) is 0 Å². The fourth-order valence-electron chi connectivity index (χ4n) is 1.56. The molecule has 1 unspecified atom stereocenters. The van der Waals surface area contributed by atoms with Crippen LogP contribution in [0.25, 0.3) is 0 Å². The monoisotopic (exact) mass is 251 g/mol. The molecule has 0 aliphatic rings. The normalized spacial score (nSPS) is 13.1. The molecule has 0 saturated carbocycles.